The van der Waals surface area contributed by atoms with Crippen molar-refractivity contribution >= 4 is 15.9 Å². The lowest BCUT2D eigenvalue weighted by molar-refractivity contribution is 0.0730. The van der Waals surface area contributed by atoms with Gasteiger partial charge in [-0.05, 0) is 63.0 Å². The maximum Gasteiger partial charge on any atom is 0.254 e. The lowest BCUT2D eigenvalue weighted by Gasteiger charge is -2.30. The first kappa shape index (κ1) is 22.1. The highest BCUT2D eigenvalue weighted by Crippen LogP contribution is 2.20. The Labute approximate surface area is 172 Å². The maximum atomic E-state index is 14.2. The van der Waals surface area contributed by atoms with Gasteiger partial charge in [-0.25, -0.2) is 12.8 Å². The summed E-state index contributed by atoms with van der Waals surface area (Å²) in [5.41, 5.74) is -0.244. The number of sulfonamides is 1. The molecule has 162 valence electrons. The lowest BCUT2D eigenvalue weighted by Crippen LogP contribution is -2.40. The number of benzene rings is 1. The monoisotopic (exact) mass is 427 g/mol. The van der Waals surface area contributed by atoms with Crippen molar-refractivity contribution in [2.75, 3.05) is 52.5 Å². The third-order valence-corrected chi connectivity index (χ3v) is 7.50. The van der Waals surface area contributed by atoms with Crippen LogP contribution < -0.4 is 5.32 Å². The lowest BCUT2D eigenvalue weighted by atomic mass is 9.99. The van der Waals surface area contributed by atoms with Crippen LogP contribution in [0.1, 0.15) is 36.5 Å². The zero-order chi connectivity index (χ0) is 20.9. The summed E-state index contributed by atoms with van der Waals surface area (Å²) in [6.07, 6.45) is 3.16. The van der Waals surface area contributed by atoms with Crippen LogP contribution in [0.3, 0.4) is 0 Å². The molecule has 3 rings (SSSR count). The van der Waals surface area contributed by atoms with Gasteiger partial charge < -0.3 is 15.0 Å². The van der Waals surface area contributed by atoms with Gasteiger partial charge in [0.1, 0.15) is 5.82 Å². The molecule has 1 aromatic rings. The van der Waals surface area contributed by atoms with Crippen molar-refractivity contribution in [2.45, 2.75) is 31.1 Å². The fourth-order valence-corrected chi connectivity index (χ4v) is 5.10. The van der Waals surface area contributed by atoms with E-state index in [0.29, 0.717) is 19.8 Å². The summed E-state index contributed by atoms with van der Waals surface area (Å²) in [7, 11) is -3.78. The number of morpholine rings is 1. The quantitative estimate of drug-likeness (QED) is 0.670. The van der Waals surface area contributed by atoms with E-state index >= 15 is 0 Å². The second-order valence-electron chi connectivity index (χ2n) is 7.79. The predicted octanol–water partition coefficient (Wildman–Crippen LogP) is 1.70. The molecular weight excluding hydrogens is 397 g/mol. The van der Waals surface area contributed by atoms with E-state index in [-0.39, 0.29) is 23.5 Å². The Hall–Kier alpha value is -1.55. The van der Waals surface area contributed by atoms with Gasteiger partial charge in [-0.15, -0.1) is 0 Å². The fraction of sp³-hybridized carbons (Fsp3) is 0.650. The van der Waals surface area contributed by atoms with Crippen LogP contribution in [-0.2, 0) is 14.8 Å². The number of amides is 1. The Morgan fingerprint density at radius 1 is 1.21 bits per heavy atom. The number of rotatable bonds is 7. The van der Waals surface area contributed by atoms with Gasteiger partial charge in [0, 0.05) is 19.6 Å². The zero-order valence-electron chi connectivity index (χ0n) is 16.9. The first-order valence-electron chi connectivity index (χ1n) is 10.3. The van der Waals surface area contributed by atoms with Gasteiger partial charge in [0.05, 0.1) is 23.7 Å². The van der Waals surface area contributed by atoms with Gasteiger partial charge >= 0.3 is 0 Å². The van der Waals surface area contributed by atoms with E-state index in [1.807, 2.05) is 0 Å². The topological polar surface area (TPSA) is 79.0 Å². The highest BCUT2D eigenvalue weighted by Gasteiger charge is 2.28. The molecule has 0 radical (unpaired) electrons. The third-order valence-electron chi connectivity index (χ3n) is 5.60. The van der Waals surface area contributed by atoms with Crippen molar-refractivity contribution in [2.24, 2.45) is 5.92 Å². The maximum absolute atomic E-state index is 14.2. The van der Waals surface area contributed by atoms with Crippen LogP contribution in [0.15, 0.2) is 23.1 Å². The van der Waals surface area contributed by atoms with Crippen LogP contribution >= 0.6 is 0 Å². The summed E-state index contributed by atoms with van der Waals surface area (Å²) >= 11 is 0. The summed E-state index contributed by atoms with van der Waals surface area (Å²) in [6, 6.07) is 3.37. The van der Waals surface area contributed by atoms with Gasteiger partial charge in [-0.2, -0.15) is 4.31 Å². The van der Waals surface area contributed by atoms with E-state index < -0.39 is 21.7 Å². The van der Waals surface area contributed by atoms with Crippen molar-refractivity contribution in [3.63, 3.8) is 0 Å². The Kier molecular flexibility index (Phi) is 7.61. The first-order valence-corrected chi connectivity index (χ1v) is 11.7. The van der Waals surface area contributed by atoms with Crippen LogP contribution in [0.2, 0.25) is 0 Å². The minimum Gasteiger partial charge on any atom is -0.379 e. The molecule has 0 bridgehead atoms. The number of hydrogen-bond donors (Lipinski definition) is 1. The predicted molar refractivity (Wildman–Crippen MR) is 108 cm³/mol. The van der Waals surface area contributed by atoms with E-state index in [1.165, 1.54) is 23.2 Å². The molecule has 1 amide bonds. The van der Waals surface area contributed by atoms with Gasteiger partial charge in [0.2, 0.25) is 10.0 Å². The molecule has 0 aromatic heterocycles. The molecule has 2 heterocycles. The number of hydrogen-bond acceptors (Lipinski definition) is 5. The average Bonchev–Trinajstić information content (AvgIpc) is 2.73. The molecule has 2 saturated heterocycles. The molecule has 0 atom stereocenters. The summed E-state index contributed by atoms with van der Waals surface area (Å²) in [5, 5.41) is 2.71. The summed E-state index contributed by atoms with van der Waals surface area (Å²) < 4.78 is 46.2. The molecule has 0 spiro atoms. The smallest absolute Gasteiger partial charge is 0.254 e. The fourth-order valence-electron chi connectivity index (χ4n) is 3.66. The molecule has 2 aliphatic rings. The molecule has 7 nitrogen and oxygen atoms in total. The van der Waals surface area contributed by atoms with Crippen molar-refractivity contribution in [3.05, 3.63) is 29.6 Å². The minimum atomic E-state index is -3.78. The normalized spacial score (nSPS) is 19.9. The summed E-state index contributed by atoms with van der Waals surface area (Å²) in [4.78, 5) is 14.7. The highest BCUT2D eigenvalue weighted by molar-refractivity contribution is 7.89. The molecule has 9 heteroatoms. The molecule has 1 N–H and O–H groups in total. The van der Waals surface area contributed by atoms with Gasteiger partial charge in [0.15, 0.2) is 0 Å². The van der Waals surface area contributed by atoms with Crippen molar-refractivity contribution < 1.29 is 22.3 Å². The number of carbonyl (C=O) groups excluding carboxylic acids is 1. The Morgan fingerprint density at radius 2 is 1.90 bits per heavy atom. The number of ether oxygens (including phenoxy) is 1. The van der Waals surface area contributed by atoms with Gasteiger partial charge in [-0.1, -0.05) is 6.92 Å². The number of halogens is 1. The second-order valence-corrected chi connectivity index (χ2v) is 9.73. The van der Waals surface area contributed by atoms with E-state index in [9.17, 15) is 17.6 Å². The first-order chi connectivity index (χ1) is 13.9. The third kappa shape index (κ3) is 5.75. The minimum absolute atomic E-state index is 0.0756. The Bertz CT molecular complexity index is 804. The molecular formula is C20H30FN3O4S. The molecule has 2 aliphatic heterocycles. The average molecular weight is 428 g/mol. The number of piperidine rings is 1. The van der Waals surface area contributed by atoms with Crippen LogP contribution in [0.4, 0.5) is 4.39 Å². The molecule has 0 saturated carbocycles. The van der Waals surface area contributed by atoms with Gasteiger partial charge in [0.25, 0.3) is 5.91 Å². The SMILES string of the molecule is CC1CCN(CCCNC(=O)c2cc(S(=O)(=O)N3CCOCC3)ccc2F)CC1. The molecule has 2 fully saturated rings. The van der Waals surface area contributed by atoms with E-state index in [1.54, 1.807) is 0 Å². The second kappa shape index (κ2) is 9.97. The van der Waals surface area contributed by atoms with E-state index in [4.69, 9.17) is 4.74 Å². The molecule has 0 aliphatic carbocycles. The van der Waals surface area contributed by atoms with E-state index in [2.05, 4.69) is 17.1 Å². The molecule has 29 heavy (non-hydrogen) atoms. The van der Waals surface area contributed by atoms with Gasteiger partial charge in [-0.3, -0.25) is 4.79 Å². The van der Waals surface area contributed by atoms with Crippen LogP contribution in [0, 0.1) is 11.7 Å². The van der Waals surface area contributed by atoms with Crippen molar-refractivity contribution in [1.29, 1.82) is 0 Å². The number of likely N-dealkylation sites (tertiary alicyclic amines) is 1. The largest absolute Gasteiger partial charge is 0.379 e. The standard InChI is InChI=1S/C20H30FN3O4S/c1-16-5-9-23(10-6-16)8-2-7-22-20(25)18-15-17(3-4-19(18)21)29(26,27)24-11-13-28-14-12-24/h3-4,15-16H,2,5-14H2,1H3,(H,22,25). The Morgan fingerprint density at radius 3 is 2.59 bits per heavy atom. The van der Waals surface area contributed by atoms with E-state index in [0.717, 1.165) is 44.1 Å². The number of nitrogens with zero attached hydrogens (tertiary/aromatic N) is 2. The van der Waals surface area contributed by atoms with Crippen LogP contribution in [0.5, 0.6) is 0 Å². The van der Waals surface area contributed by atoms with Crippen LogP contribution in [0.25, 0.3) is 0 Å². The zero-order valence-corrected chi connectivity index (χ0v) is 17.7. The van der Waals surface area contributed by atoms with Crippen LogP contribution in [-0.4, -0.2) is 76.0 Å². The number of carbonyl (C=O) groups is 1. The molecule has 1 aromatic carbocycles. The number of nitrogens with one attached hydrogen (secondary N) is 1. The summed E-state index contributed by atoms with van der Waals surface area (Å²) in [6.45, 7) is 6.86. The Balaban J connectivity index is 1.56. The van der Waals surface area contributed by atoms with Crippen molar-refractivity contribution in [3.8, 4) is 0 Å². The highest BCUT2D eigenvalue weighted by atomic mass is 32.2. The summed E-state index contributed by atoms with van der Waals surface area (Å²) in [5.74, 6) is -0.544. The molecule has 0 unspecified atom stereocenters. The van der Waals surface area contributed by atoms with Crippen molar-refractivity contribution in [1.82, 2.24) is 14.5 Å².